The summed E-state index contributed by atoms with van der Waals surface area (Å²) < 4.78 is 0. The second-order valence-corrected chi connectivity index (χ2v) is 6.10. The number of nitrogens with two attached hydrogens (primary N) is 1. The maximum absolute atomic E-state index is 12.0. The second-order valence-electron chi connectivity index (χ2n) is 6.10. The summed E-state index contributed by atoms with van der Waals surface area (Å²) >= 11 is 0. The van der Waals surface area contributed by atoms with Gasteiger partial charge in [-0.15, -0.1) is 0 Å². The number of hydrogen-bond acceptors (Lipinski definition) is 4. The molecule has 2 rings (SSSR count). The lowest BCUT2D eigenvalue weighted by Crippen LogP contribution is -2.33. The minimum Gasteiger partial charge on any atom is -0.368 e. The fourth-order valence-corrected chi connectivity index (χ4v) is 2.35. The summed E-state index contributed by atoms with van der Waals surface area (Å²) in [6.07, 6.45) is 3.05. The van der Waals surface area contributed by atoms with Crippen LogP contribution in [0.5, 0.6) is 0 Å². The Morgan fingerprint density at radius 2 is 1.45 bits per heavy atom. The van der Waals surface area contributed by atoms with Crippen LogP contribution in [0.2, 0.25) is 0 Å². The van der Waals surface area contributed by atoms with Gasteiger partial charge in [-0.05, 0) is 41.5 Å². The molecule has 8 nitrogen and oxygen atoms in total. The van der Waals surface area contributed by atoms with Crippen LogP contribution in [0.1, 0.15) is 31.8 Å². The summed E-state index contributed by atoms with van der Waals surface area (Å²) in [7, 11) is 1.56. The third-order valence-electron chi connectivity index (χ3n) is 3.93. The minimum absolute atomic E-state index is 0.172. The first-order valence-electron chi connectivity index (χ1n) is 8.82. The van der Waals surface area contributed by atoms with Crippen LogP contribution in [0, 0.1) is 0 Å². The Morgan fingerprint density at radius 3 is 2.03 bits per heavy atom. The zero-order valence-corrected chi connectivity index (χ0v) is 15.9. The molecule has 0 saturated heterocycles. The maximum Gasteiger partial charge on any atom is 0.251 e. The Kier molecular flexibility index (Phi) is 7.67. The molecule has 2 aromatic rings. The molecule has 0 aliphatic carbocycles. The molecular formula is C21H22N4O4. The lowest BCUT2D eigenvalue weighted by molar-refractivity contribution is -0.117. The van der Waals surface area contributed by atoms with Crippen molar-refractivity contribution in [2.45, 2.75) is 6.54 Å². The monoisotopic (exact) mass is 394 g/mol. The molecule has 0 aliphatic rings. The van der Waals surface area contributed by atoms with E-state index in [0.717, 1.165) is 11.1 Å². The molecule has 0 atom stereocenters. The number of carbonyl (C=O) groups is 4. The third kappa shape index (κ3) is 6.94. The van der Waals surface area contributed by atoms with Gasteiger partial charge in [-0.3, -0.25) is 19.2 Å². The van der Waals surface area contributed by atoms with Crippen LogP contribution in [0.3, 0.4) is 0 Å². The molecule has 0 fully saturated rings. The van der Waals surface area contributed by atoms with Crippen LogP contribution < -0.4 is 21.7 Å². The molecule has 0 aliphatic heterocycles. The Labute approximate surface area is 168 Å². The van der Waals surface area contributed by atoms with Crippen molar-refractivity contribution in [3.63, 3.8) is 0 Å². The van der Waals surface area contributed by atoms with E-state index in [2.05, 4.69) is 16.0 Å². The highest BCUT2D eigenvalue weighted by Crippen LogP contribution is 2.07. The molecule has 0 spiro atoms. The normalized spacial score (nSPS) is 10.4. The Hall–Kier alpha value is -3.94. The quantitative estimate of drug-likeness (QED) is 0.488. The Bertz CT molecular complexity index is 919. The summed E-state index contributed by atoms with van der Waals surface area (Å²) in [4.78, 5) is 45.9. The molecule has 0 radical (unpaired) electrons. The molecule has 0 saturated carbocycles. The van der Waals surface area contributed by atoms with Crippen LogP contribution in [-0.4, -0.2) is 37.2 Å². The van der Waals surface area contributed by atoms with Gasteiger partial charge in [0.2, 0.25) is 11.8 Å². The molecule has 0 unspecified atom stereocenters. The van der Waals surface area contributed by atoms with E-state index in [1.54, 1.807) is 61.7 Å². The average molecular weight is 394 g/mol. The van der Waals surface area contributed by atoms with E-state index < -0.39 is 11.8 Å². The molecule has 2 aromatic carbocycles. The third-order valence-corrected chi connectivity index (χ3v) is 3.93. The van der Waals surface area contributed by atoms with Crippen LogP contribution in [0.4, 0.5) is 0 Å². The number of carbonyl (C=O) groups excluding carboxylic acids is 4. The van der Waals surface area contributed by atoms with Gasteiger partial charge in [-0.2, -0.15) is 0 Å². The van der Waals surface area contributed by atoms with E-state index in [-0.39, 0.29) is 18.4 Å². The van der Waals surface area contributed by atoms with Crippen molar-refractivity contribution in [3.05, 3.63) is 76.9 Å². The van der Waals surface area contributed by atoms with Gasteiger partial charge in [0.15, 0.2) is 0 Å². The zero-order valence-electron chi connectivity index (χ0n) is 15.9. The first-order chi connectivity index (χ1) is 13.9. The van der Waals surface area contributed by atoms with E-state index in [0.29, 0.717) is 17.7 Å². The van der Waals surface area contributed by atoms with Crippen LogP contribution in [0.15, 0.2) is 54.6 Å². The highest BCUT2D eigenvalue weighted by atomic mass is 16.2. The van der Waals surface area contributed by atoms with Crippen LogP contribution in [0.25, 0.3) is 6.08 Å². The fourth-order valence-electron chi connectivity index (χ4n) is 2.35. The standard InChI is InChI=1S/C21H22N4O4/c1-23-20(28)16-7-2-14(3-8-16)6-11-19(27)24-12-15-4-9-17(10-5-15)21(29)25-13-18(22)26/h2-11H,12-13H2,1H3,(H2,22,26)(H,23,28)(H,24,27)(H,25,29)/b11-6+. The number of hydrogen-bond donors (Lipinski definition) is 4. The molecule has 150 valence electrons. The topological polar surface area (TPSA) is 130 Å². The van der Waals surface area contributed by atoms with Crippen molar-refractivity contribution in [3.8, 4) is 0 Å². The van der Waals surface area contributed by atoms with Gasteiger partial charge in [-0.1, -0.05) is 24.3 Å². The summed E-state index contributed by atoms with van der Waals surface area (Å²) in [5.74, 6) is -1.46. The molecule has 0 bridgehead atoms. The minimum atomic E-state index is -0.617. The predicted molar refractivity (Wildman–Crippen MR) is 109 cm³/mol. The summed E-state index contributed by atoms with van der Waals surface area (Å²) in [6, 6.07) is 13.5. The lowest BCUT2D eigenvalue weighted by Gasteiger charge is -2.06. The van der Waals surface area contributed by atoms with Crippen LogP contribution in [-0.2, 0) is 16.1 Å². The van der Waals surface area contributed by atoms with E-state index in [9.17, 15) is 19.2 Å². The van der Waals surface area contributed by atoms with Gasteiger partial charge in [0, 0.05) is 30.8 Å². The van der Waals surface area contributed by atoms with Gasteiger partial charge in [-0.25, -0.2) is 0 Å². The molecule has 4 amide bonds. The largest absolute Gasteiger partial charge is 0.368 e. The number of rotatable bonds is 8. The molecule has 29 heavy (non-hydrogen) atoms. The second kappa shape index (κ2) is 10.4. The molecular weight excluding hydrogens is 372 g/mol. The van der Waals surface area contributed by atoms with E-state index in [4.69, 9.17) is 5.73 Å². The van der Waals surface area contributed by atoms with E-state index in [1.807, 2.05) is 0 Å². The zero-order chi connectivity index (χ0) is 21.2. The molecule has 0 aromatic heterocycles. The first kappa shape index (κ1) is 21.4. The predicted octanol–water partition coefficient (Wildman–Crippen LogP) is 0.591. The summed E-state index contributed by atoms with van der Waals surface area (Å²) in [5, 5.41) is 7.69. The van der Waals surface area contributed by atoms with Gasteiger partial charge < -0.3 is 21.7 Å². The Morgan fingerprint density at radius 1 is 0.862 bits per heavy atom. The maximum atomic E-state index is 12.0. The van der Waals surface area contributed by atoms with Crippen molar-refractivity contribution in [1.82, 2.24) is 16.0 Å². The molecule has 5 N–H and O–H groups in total. The highest BCUT2D eigenvalue weighted by Gasteiger charge is 2.06. The van der Waals surface area contributed by atoms with Crippen molar-refractivity contribution in [2.24, 2.45) is 5.73 Å². The van der Waals surface area contributed by atoms with Gasteiger partial charge in [0.1, 0.15) is 0 Å². The summed E-state index contributed by atoms with van der Waals surface area (Å²) in [5.41, 5.74) is 7.52. The Balaban J connectivity index is 1.84. The lowest BCUT2D eigenvalue weighted by atomic mass is 10.1. The highest BCUT2D eigenvalue weighted by molar-refractivity contribution is 5.96. The van der Waals surface area contributed by atoms with E-state index >= 15 is 0 Å². The van der Waals surface area contributed by atoms with Crippen molar-refractivity contribution in [2.75, 3.05) is 13.6 Å². The van der Waals surface area contributed by atoms with Crippen molar-refractivity contribution < 1.29 is 19.2 Å². The average Bonchev–Trinajstić information content (AvgIpc) is 2.74. The van der Waals surface area contributed by atoms with Gasteiger partial charge in [0.25, 0.3) is 11.8 Å². The van der Waals surface area contributed by atoms with Crippen LogP contribution >= 0.6 is 0 Å². The number of benzene rings is 2. The number of amides is 4. The fraction of sp³-hybridized carbons (Fsp3) is 0.143. The molecule has 8 heteroatoms. The number of nitrogens with one attached hydrogen (secondary N) is 3. The summed E-state index contributed by atoms with van der Waals surface area (Å²) in [6.45, 7) is 0.0689. The van der Waals surface area contributed by atoms with Crippen molar-refractivity contribution in [1.29, 1.82) is 0 Å². The molecule has 0 heterocycles. The van der Waals surface area contributed by atoms with Gasteiger partial charge >= 0.3 is 0 Å². The smallest absolute Gasteiger partial charge is 0.251 e. The first-order valence-corrected chi connectivity index (χ1v) is 8.82. The SMILES string of the molecule is CNC(=O)c1ccc(/C=C/C(=O)NCc2ccc(C(=O)NCC(N)=O)cc2)cc1. The number of primary amides is 1. The van der Waals surface area contributed by atoms with Gasteiger partial charge in [0.05, 0.1) is 6.54 Å². The van der Waals surface area contributed by atoms with E-state index in [1.165, 1.54) is 6.08 Å². The van der Waals surface area contributed by atoms with Crippen molar-refractivity contribution >= 4 is 29.7 Å².